The number of nitrogens with zero attached hydrogens (tertiary/aromatic N) is 2. The molecule has 1 saturated heterocycles. The number of aliphatic imine (C=N–C) groups is 1. The van der Waals surface area contributed by atoms with Crippen LogP contribution >= 0.6 is 0 Å². The highest BCUT2D eigenvalue weighted by molar-refractivity contribution is 5.95. The number of hydrogen-bond acceptors (Lipinski definition) is 3. The lowest BCUT2D eigenvalue weighted by molar-refractivity contribution is 0.0738. The van der Waals surface area contributed by atoms with Gasteiger partial charge in [-0.1, -0.05) is 23.8 Å². The first-order chi connectivity index (χ1) is 13.6. The lowest BCUT2D eigenvalue weighted by Crippen LogP contribution is -2.36. The summed E-state index contributed by atoms with van der Waals surface area (Å²) in [6.45, 7) is 2.32. The number of likely N-dealkylation sites (tertiary alicyclic amines) is 1. The van der Waals surface area contributed by atoms with E-state index in [9.17, 15) is 13.6 Å². The molecule has 0 radical (unpaired) electrons. The third-order valence-corrected chi connectivity index (χ3v) is 4.97. The molecule has 1 amide bonds. The maximum Gasteiger partial charge on any atom is 0.256 e. The fourth-order valence-electron chi connectivity index (χ4n) is 3.44. The molecule has 6 heteroatoms. The molecule has 0 unspecified atom stereocenters. The fourth-order valence-corrected chi connectivity index (χ4v) is 3.44. The molecule has 0 bridgehead atoms. The zero-order valence-electron chi connectivity index (χ0n) is 15.3. The van der Waals surface area contributed by atoms with Gasteiger partial charge in [0.25, 0.3) is 5.91 Å². The SMILES string of the molecule is O=C(c1cc(F)ccc1F)N1CCC(=Cc2ccc(C3=NCCO3)cc2)CC1. The lowest BCUT2D eigenvalue weighted by Gasteiger charge is -2.28. The number of carbonyl (C=O) groups excluding carboxylic acids is 1. The molecule has 144 valence electrons. The maximum atomic E-state index is 13.8. The van der Waals surface area contributed by atoms with Gasteiger partial charge in [-0.2, -0.15) is 0 Å². The zero-order valence-corrected chi connectivity index (χ0v) is 15.3. The van der Waals surface area contributed by atoms with Crippen molar-refractivity contribution in [1.82, 2.24) is 4.90 Å². The number of carbonyl (C=O) groups is 1. The molecular weight excluding hydrogens is 362 g/mol. The first-order valence-electron chi connectivity index (χ1n) is 9.31. The van der Waals surface area contributed by atoms with Crippen LogP contribution < -0.4 is 0 Å². The number of piperidine rings is 1. The van der Waals surface area contributed by atoms with E-state index in [1.807, 2.05) is 24.3 Å². The highest BCUT2D eigenvalue weighted by Gasteiger charge is 2.23. The molecule has 0 atom stereocenters. The van der Waals surface area contributed by atoms with Crippen molar-refractivity contribution in [3.8, 4) is 0 Å². The minimum Gasteiger partial charge on any atom is -0.476 e. The summed E-state index contributed by atoms with van der Waals surface area (Å²) in [6.07, 6.45) is 3.53. The van der Waals surface area contributed by atoms with Gasteiger partial charge in [0.15, 0.2) is 0 Å². The van der Waals surface area contributed by atoms with Crippen molar-refractivity contribution in [1.29, 1.82) is 0 Å². The molecule has 2 aromatic carbocycles. The third-order valence-electron chi connectivity index (χ3n) is 4.97. The average Bonchev–Trinajstić information content (AvgIpc) is 3.25. The van der Waals surface area contributed by atoms with Gasteiger partial charge in [0.2, 0.25) is 5.90 Å². The van der Waals surface area contributed by atoms with E-state index >= 15 is 0 Å². The average molecular weight is 382 g/mol. The second-order valence-corrected chi connectivity index (χ2v) is 6.88. The molecule has 2 heterocycles. The number of benzene rings is 2. The van der Waals surface area contributed by atoms with Crippen molar-refractivity contribution in [2.24, 2.45) is 4.99 Å². The Labute approximate surface area is 162 Å². The summed E-state index contributed by atoms with van der Waals surface area (Å²) in [4.78, 5) is 18.4. The molecular formula is C22H20F2N2O2. The Kier molecular flexibility index (Phi) is 5.19. The first-order valence-corrected chi connectivity index (χ1v) is 9.31. The molecule has 0 aliphatic carbocycles. The van der Waals surface area contributed by atoms with Gasteiger partial charge < -0.3 is 9.64 Å². The molecule has 2 aliphatic heterocycles. The van der Waals surface area contributed by atoms with Gasteiger partial charge in [-0.25, -0.2) is 13.8 Å². The summed E-state index contributed by atoms with van der Waals surface area (Å²) < 4.78 is 32.6. The standard InChI is InChI=1S/C22H20F2N2O2/c23-18-5-6-20(24)19(14-18)22(27)26-10-7-16(8-11-26)13-15-1-3-17(4-2-15)21-25-9-12-28-21/h1-6,13-14H,7-12H2. The Morgan fingerprint density at radius 3 is 2.50 bits per heavy atom. The molecule has 28 heavy (non-hydrogen) atoms. The van der Waals surface area contributed by atoms with E-state index < -0.39 is 17.5 Å². The van der Waals surface area contributed by atoms with Gasteiger partial charge in [-0.15, -0.1) is 0 Å². The Balaban J connectivity index is 1.39. The minimum atomic E-state index is -0.691. The largest absolute Gasteiger partial charge is 0.476 e. The molecule has 0 N–H and O–H groups in total. The molecule has 4 nitrogen and oxygen atoms in total. The number of halogens is 2. The van der Waals surface area contributed by atoms with Crippen LogP contribution in [0.5, 0.6) is 0 Å². The molecule has 0 saturated carbocycles. The van der Waals surface area contributed by atoms with E-state index in [1.165, 1.54) is 5.57 Å². The van der Waals surface area contributed by atoms with Crippen LogP contribution in [-0.4, -0.2) is 42.9 Å². The van der Waals surface area contributed by atoms with Crippen molar-refractivity contribution in [2.45, 2.75) is 12.8 Å². The van der Waals surface area contributed by atoms with Gasteiger partial charge in [0.05, 0.1) is 12.1 Å². The van der Waals surface area contributed by atoms with E-state index in [0.29, 0.717) is 45.0 Å². The van der Waals surface area contributed by atoms with E-state index in [4.69, 9.17) is 4.74 Å². The van der Waals surface area contributed by atoms with Gasteiger partial charge in [0.1, 0.15) is 18.2 Å². The van der Waals surface area contributed by atoms with Crippen molar-refractivity contribution in [3.63, 3.8) is 0 Å². The fraction of sp³-hybridized carbons (Fsp3) is 0.273. The smallest absolute Gasteiger partial charge is 0.256 e. The van der Waals surface area contributed by atoms with Gasteiger partial charge >= 0.3 is 0 Å². The van der Waals surface area contributed by atoms with Gasteiger partial charge in [-0.3, -0.25) is 4.79 Å². The van der Waals surface area contributed by atoms with E-state index in [-0.39, 0.29) is 5.56 Å². The molecule has 2 aromatic rings. The van der Waals surface area contributed by atoms with Crippen molar-refractivity contribution >= 4 is 17.9 Å². The Morgan fingerprint density at radius 2 is 1.82 bits per heavy atom. The summed E-state index contributed by atoms with van der Waals surface area (Å²) in [5.74, 6) is -1.07. The van der Waals surface area contributed by atoms with Gasteiger partial charge in [-0.05, 0) is 48.7 Å². The van der Waals surface area contributed by atoms with Crippen LogP contribution in [0, 0.1) is 11.6 Å². The van der Waals surface area contributed by atoms with Crippen LogP contribution in [0.25, 0.3) is 6.08 Å². The molecule has 2 aliphatic rings. The van der Waals surface area contributed by atoms with Crippen molar-refractivity contribution in [3.05, 3.63) is 76.4 Å². The predicted molar refractivity (Wildman–Crippen MR) is 103 cm³/mol. The number of amides is 1. The quantitative estimate of drug-likeness (QED) is 0.803. The topological polar surface area (TPSA) is 41.9 Å². The Morgan fingerprint density at radius 1 is 1.07 bits per heavy atom. The number of rotatable bonds is 3. The second kappa shape index (κ2) is 7.92. The highest BCUT2D eigenvalue weighted by Crippen LogP contribution is 2.22. The molecule has 4 rings (SSSR count). The Bertz CT molecular complexity index is 942. The maximum absolute atomic E-state index is 13.8. The summed E-state index contributed by atoms with van der Waals surface area (Å²) in [5.41, 5.74) is 3.07. The summed E-state index contributed by atoms with van der Waals surface area (Å²) in [6, 6.07) is 11.0. The minimum absolute atomic E-state index is 0.208. The molecule has 0 spiro atoms. The van der Waals surface area contributed by atoms with E-state index in [0.717, 1.165) is 29.3 Å². The van der Waals surface area contributed by atoms with Crippen LogP contribution in [0.4, 0.5) is 8.78 Å². The lowest BCUT2D eigenvalue weighted by atomic mass is 9.99. The van der Waals surface area contributed by atoms with E-state index in [1.54, 1.807) is 4.90 Å². The predicted octanol–water partition coefficient (Wildman–Crippen LogP) is 4.06. The summed E-state index contributed by atoms with van der Waals surface area (Å²) in [7, 11) is 0. The van der Waals surface area contributed by atoms with Crippen LogP contribution in [0.2, 0.25) is 0 Å². The third kappa shape index (κ3) is 3.96. The normalized spacial score (nSPS) is 16.6. The zero-order chi connectivity index (χ0) is 19.5. The second-order valence-electron chi connectivity index (χ2n) is 6.88. The molecule has 0 aromatic heterocycles. The monoisotopic (exact) mass is 382 g/mol. The van der Waals surface area contributed by atoms with Crippen LogP contribution in [-0.2, 0) is 4.74 Å². The van der Waals surface area contributed by atoms with Crippen LogP contribution in [0.3, 0.4) is 0 Å². The van der Waals surface area contributed by atoms with E-state index in [2.05, 4.69) is 11.1 Å². The highest BCUT2D eigenvalue weighted by atomic mass is 19.1. The van der Waals surface area contributed by atoms with Crippen LogP contribution in [0.1, 0.15) is 34.3 Å². The van der Waals surface area contributed by atoms with Crippen molar-refractivity contribution < 1.29 is 18.3 Å². The van der Waals surface area contributed by atoms with Gasteiger partial charge in [0, 0.05) is 18.7 Å². The summed E-state index contributed by atoms with van der Waals surface area (Å²) >= 11 is 0. The molecule has 1 fully saturated rings. The summed E-state index contributed by atoms with van der Waals surface area (Å²) in [5, 5.41) is 0. The van der Waals surface area contributed by atoms with Crippen LogP contribution in [0.15, 0.2) is 53.0 Å². The number of ether oxygens (including phenoxy) is 1. The first kappa shape index (κ1) is 18.3. The van der Waals surface area contributed by atoms with Crippen molar-refractivity contribution in [2.75, 3.05) is 26.2 Å². The Hall–Kier alpha value is -3.02. The number of hydrogen-bond donors (Lipinski definition) is 0.